The second kappa shape index (κ2) is 7.43. The van der Waals surface area contributed by atoms with Gasteiger partial charge in [-0.05, 0) is 66.4 Å². The fraction of sp³-hybridized carbons (Fsp3) is 0.250. The Morgan fingerprint density at radius 1 is 1.21 bits per heavy atom. The summed E-state index contributed by atoms with van der Waals surface area (Å²) in [4.78, 5) is 12.3. The Balaban J connectivity index is 1.74. The highest BCUT2D eigenvalue weighted by Gasteiger charge is 2.10. The SMILES string of the molecule is Cc1cc(NC(=O)c2ccc(CN)cc2)ccc1C1=CCNCC1. The highest BCUT2D eigenvalue weighted by atomic mass is 16.1. The number of amides is 1. The van der Waals surface area contributed by atoms with Crippen molar-refractivity contribution in [1.82, 2.24) is 5.32 Å². The van der Waals surface area contributed by atoms with E-state index < -0.39 is 0 Å². The van der Waals surface area contributed by atoms with Gasteiger partial charge in [0.1, 0.15) is 0 Å². The molecular formula is C20H23N3O. The van der Waals surface area contributed by atoms with Gasteiger partial charge in [-0.1, -0.05) is 24.3 Å². The molecule has 1 heterocycles. The first kappa shape index (κ1) is 16.4. The molecule has 2 aromatic rings. The summed E-state index contributed by atoms with van der Waals surface area (Å²) in [6.07, 6.45) is 3.28. The third-order valence-electron chi connectivity index (χ3n) is 4.35. The van der Waals surface area contributed by atoms with Crippen LogP contribution in [-0.2, 0) is 6.54 Å². The van der Waals surface area contributed by atoms with Gasteiger partial charge in [-0.25, -0.2) is 0 Å². The number of rotatable bonds is 4. The predicted molar refractivity (Wildman–Crippen MR) is 98.9 cm³/mol. The van der Waals surface area contributed by atoms with E-state index in [1.54, 1.807) is 12.1 Å². The summed E-state index contributed by atoms with van der Waals surface area (Å²) < 4.78 is 0. The molecule has 0 aliphatic carbocycles. The monoisotopic (exact) mass is 321 g/mol. The molecule has 4 heteroatoms. The van der Waals surface area contributed by atoms with Crippen molar-refractivity contribution in [3.05, 3.63) is 70.8 Å². The lowest BCUT2D eigenvalue weighted by Crippen LogP contribution is -2.20. The molecule has 4 N–H and O–H groups in total. The van der Waals surface area contributed by atoms with Crippen LogP contribution in [0, 0.1) is 6.92 Å². The Morgan fingerprint density at radius 3 is 2.62 bits per heavy atom. The van der Waals surface area contributed by atoms with Crippen molar-refractivity contribution in [3.8, 4) is 0 Å². The van der Waals surface area contributed by atoms with Crippen LogP contribution in [0.1, 0.15) is 33.5 Å². The molecular weight excluding hydrogens is 298 g/mol. The molecule has 0 radical (unpaired) electrons. The smallest absolute Gasteiger partial charge is 0.255 e. The van der Waals surface area contributed by atoms with Gasteiger partial charge in [0.25, 0.3) is 5.91 Å². The molecule has 24 heavy (non-hydrogen) atoms. The first-order chi connectivity index (χ1) is 11.7. The summed E-state index contributed by atoms with van der Waals surface area (Å²) in [5.41, 5.74) is 11.9. The summed E-state index contributed by atoms with van der Waals surface area (Å²) in [5.74, 6) is -0.105. The highest BCUT2D eigenvalue weighted by molar-refractivity contribution is 6.04. The second-order valence-corrected chi connectivity index (χ2v) is 6.07. The molecule has 1 aliphatic heterocycles. The maximum absolute atomic E-state index is 12.3. The standard InChI is InChI=1S/C20H23N3O/c1-14-12-18(6-7-19(14)16-8-10-22-11-9-16)23-20(24)17-4-2-15(13-21)3-5-17/h2-8,12,22H,9-11,13,21H2,1H3,(H,23,24). The molecule has 0 saturated carbocycles. The van der Waals surface area contributed by atoms with Crippen LogP contribution < -0.4 is 16.4 Å². The average molecular weight is 321 g/mol. The van der Waals surface area contributed by atoms with Gasteiger partial charge in [0, 0.05) is 24.3 Å². The maximum Gasteiger partial charge on any atom is 0.255 e. The van der Waals surface area contributed by atoms with Crippen LogP contribution in [0.15, 0.2) is 48.5 Å². The molecule has 3 rings (SSSR count). The normalized spacial score (nSPS) is 14.2. The minimum Gasteiger partial charge on any atom is -0.326 e. The van der Waals surface area contributed by atoms with Crippen LogP contribution in [-0.4, -0.2) is 19.0 Å². The first-order valence-electron chi connectivity index (χ1n) is 8.28. The average Bonchev–Trinajstić information content (AvgIpc) is 2.62. The zero-order valence-electron chi connectivity index (χ0n) is 13.9. The van der Waals surface area contributed by atoms with Crippen LogP contribution in [0.2, 0.25) is 0 Å². The molecule has 4 nitrogen and oxygen atoms in total. The molecule has 0 aromatic heterocycles. The van der Waals surface area contributed by atoms with E-state index in [1.807, 2.05) is 24.3 Å². The fourth-order valence-corrected chi connectivity index (χ4v) is 2.96. The van der Waals surface area contributed by atoms with E-state index in [0.29, 0.717) is 12.1 Å². The second-order valence-electron chi connectivity index (χ2n) is 6.07. The van der Waals surface area contributed by atoms with Gasteiger partial charge in [0.05, 0.1) is 0 Å². The maximum atomic E-state index is 12.3. The quantitative estimate of drug-likeness (QED) is 0.810. The molecule has 0 bridgehead atoms. The van der Waals surface area contributed by atoms with Crippen LogP contribution in [0.3, 0.4) is 0 Å². The molecule has 0 unspecified atom stereocenters. The number of nitrogens with one attached hydrogen (secondary N) is 2. The lowest BCUT2D eigenvalue weighted by molar-refractivity contribution is 0.102. The van der Waals surface area contributed by atoms with Crippen molar-refractivity contribution in [1.29, 1.82) is 0 Å². The Labute approximate surface area is 142 Å². The van der Waals surface area contributed by atoms with Gasteiger partial charge < -0.3 is 16.4 Å². The number of benzene rings is 2. The molecule has 1 aliphatic rings. The van der Waals surface area contributed by atoms with Crippen LogP contribution in [0.4, 0.5) is 5.69 Å². The van der Waals surface area contributed by atoms with E-state index in [1.165, 1.54) is 16.7 Å². The van der Waals surface area contributed by atoms with Gasteiger partial charge in [-0.2, -0.15) is 0 Å². The van der Waals surface area contributed by atoms with Gasteiger partial charge in [0.15, 0.2) is 0 Å². The third-order valence-corrected chi connectivity index (χ3v) is 4.35. The number of aryl methyl sites for hydroxylation is 1. The number of carbonyl (C=O) groups excluding carboxylic acids is 1. The van der Waals surface area contributed by atoms with Crippen molar-refractivity contribution in [2.45, 2.75) is 19.9 Å². The van der Waals surface area contributed by atoms with Gasteiger partial charge in [-0.3, -0.25) is 4.79 Å². The molecule has 124 valence electrons. The number of hydrogen-bond acceptors (Lipinski definition) is 3. The van der Waals surface area contributed by atoms with E-state index in [0.717, 1.165) is 30.8 Å². The van der Waals surface area contributed by atoms with Crippen LogP contribution >= 0.6 is 0 Å². The van der Waals surface area contributed by atoms with E-state index in [9.17, 15) is 4.79 Å². The summed E-state index contributed by atoms with van der Waals surface area (Å²) in [7, 11) is 0. The van der Waals surface area contributed by atoms with E-state index in [4.69, 9.17) is 5.73 Å². The Morgan fingerprint density at radius 2 is 2.00 bits per heavy atom. The topological polar surface area (TPSA) is 67.2 Å². The molecule has 0 saturated heterocycles. The van der Waals surface area contributed by atoms with E-state index >= 15 is 0 Å². The minimum atomic E-state index is -0.105. The van der Waals surface area contributed by atoms with Crippen LogP contribution in [0.5, 0.6) is 0 Å². The van der Waals surface area contributed by atoms with E-state index in [2.05, 4.69) is 29.7 Å². The summed E-state index contributed by atoms with van der Waals surface area (Å²) in [6.45, 7) is 4.51. The molecule has 0 spiro atoms. The van der Waals surface area contributed by atoms with Gasteiger partial charge in [-0.15, -0.1) is 0 Å². The Bertz CT molecular complexity index is 763. The largest absolute Gasteiger partial charge is 0.326 e. The van der Waals surface area contributed by atoms with Crippen molar-refractivity contribution in [3.63, 3.8) is 0 Å². The third kappa shape index (κ3) is 3.72. The van der Waals surface area contributed by atoms with E-state index in [-0.39, 0.29) is 5.91 Å². The molecule has 0 atom stereocenters. The Hall–Kier alpha value is -2.43. The fourth-order valence-electron chi connectivity index (χ4n) is 2.96. The predicted octanol–water partition coefficient (Wildman–Crippen LogP) is 3.08. The van der Waals surface area contributed by atoms with Crippen molar-refractivity contribution < 1.29 is 4.79 Å². The Kier molecular flexibility index (Phi) is 5.08. The van der Waals surface area contributed by atoms with Gasteiger partial charge >= 0.3 is 0 Å². The molecule has 0 fully saturated rings. The van der Waals surface area contributed by atoms with Crippen LogP contribution in [0.25, 0.3) is 5.57 Å². The highest BCUT2D eigenvalue weighted by Crippen LogP contribution is 2.25. The number of anilines is 1. The summed E-state index contributed by atoms with van der Waals surface area (Å²) in [5, 5.41) is 6.29. The van der Waals surface area contributed by atoms with Crippen molar-refractivity contribution in [2.75, 3.05) is 18.4 Å². The van der Waals surface area contributed by atoms with Gasteiger partial charge in [0.2, 0.25) is 0 Å². The minimum absolute atomic E-state index is 0.105. The summed E-state index contributed by atoms with van der Waals surface area (Å²) in [6, 6.07) is 13.5. The van der Waals surface area contributed by atoms with Crippen molar-refractivity contribution in [2.24, 2.45) is 5.73 Å². The first-order valence-corrected chi connectivity index (χ1v) is 8.28. The summed E-state index contributed by atoms with van der Waals surface area (Å²) >= 11 is 0. The van der Waals surface area contributed by atoms with Crippen molar-refractivity contribution >= 4 is 17.2 Å². The molecule has 2 aromatic carbocycles. The molecule has 1 amide bonds. The number of carbonyl (C=O) groups is 1. The zero-order valence-corrected chi connectivity index (χ0v) is 13.9. The number of nitrogens with two attached hydrogens (primary N) is 1. The number of hydrogen-bond donors (Lipinski definition) is 3. The lowest BCUT2D eigenvalue weighted by Gasteiger charge is -2.17. The zero-order chi connectivity index (χ0) is 16.9. The lowest BCUT2D eigenvalue weighted by atomic mass is 9.96.